The lowest BCUT2D eigenvalue weighted by Gasteiger charge is -2.15. The number of amides is 3. The van der Waals surface area contributed by atoms with Crippen LogP contribution in [0.25, 0.3) is 6.08 Å². The van der Waals surface area contributed by atoms with Gasteiger partial charge in [0, 0.05) is 21.3 Å². The minimum atomic E-state index is -0.550. The lowest BCUT2D eigenvalue weighted by molar-refractivity contribution is -0.127. The number of hydrogen-bond acceptors (Lipinski definition) is 7. The molecule has 0 aromatic heterocycles. The molecule has 1 saturated heterocycles. The van der Waals surface area contributed by atoms with Crippen LogP contribution in [0.15, 0.2) is 59.5 Å². The summed E-state index contributed by atoms with van der Waals surface area (Å²) >= 11 is 15.2. The maximum Gasteiger partial charge on any atom is 0.294 e. The molecule has 0 saturated carbocycles. The largest absolute Gasteiger partial charge is 0.497 e. The van der Waals surface area contributed by atoms with E-state index in [2.05, 4.69) is 27.9 Å². The van der Waals surface area contributed by atoms with Crippen LogP contribution in [0, 0.1) is 3.57 Å². The molecule has 40 heavy (non-hydrogen) atoms. The molecule has 0 unspecified atom stereocenters. The number of methoxy groups -OCH3 is 1. The fourth-order valence-corrected chi connectivity index (χ4v) is 5.75. The monoisotopic (exact) mass is 712 g/mol. The van der Waals surface area contributed by atoms with Gasteiger partial charge in [-0.05, 0) is 101 Å². The van der Waals surface area contributed by atoms with Gasteiger partial charge in [0.2, 0.25) is 5.91 Å². The second-order valence-corrected chi connectivity index (χ2v) is 11.3. The van der Waals surface area contributed by atoms with Crippen LogP contribution in [-0.2, 0) is 16.2 Å². The summed E-state index contributed by atoms with van der Waals surface area (Å²) in [6.07, 6.45) is 1.59. The van der Waals surface area contributed by atoms with Crippen molar-refractivity contribution < 1.29 is 28.6 Å². The summed E-state index contributed by atoms with van der Waals surface area (Å²) < 4.78 is 17.7. The Morgan fingerprint density at radius 2 is 1.82 bits per heavy atom. The molecule has 1 heterocycles. The van der Waals surface area contributed by atoms with Crippen LogP contribution in [0.3, 0.4) is 0 Å². The zero-order valence-corrected chi connectivity index (χ0v) is 25.8. The molecule has 4 rings (SSSR count). The third-order valence-electron chi connectivity index (χ3n) is 5.57. The number of halogens is 3. The quantitative estimate of drug-likeness (QED) is 0.175. The maximum absolute atomic E-state index is 13.0. The molecule has 3 amide bonds. The van der Waals surface area contributed by atoms with E-state index < -0.39 is 23.6 Å². The second-order valence-electron chi connectivity index (χ2n) is 8.33. The standard InChI is InChI=1S/C28H23Cl2IN2O6S/c1-3-38-23-11-16(10-22(31)26(23)39-15-17-4-5-18(29)13-21(17)30)12-24-27(35)33(28(36)40-24)14-25(34)32-19-6-8-20(37-2)9-7-19/h4-13H,3,14-15H2,1-2H3,(H,32,34)/b24-12+. The summed E-state index contributed by atoms with van der Waals surface area (Å²) in [5.41, 5.74) is 1.92. The van der Waals surface area contributed by atoms with Gasteiger partial charge in [-0.2, -0.15) is 0 Å². The van der Waals surface area contributed by atoms with E-state index in [4.69, 9.17) is 37.4 Å². The number of thioether (sulfide) groups is 1. The van der Waals surface area contributed by atoms with E-state index in [0.717, 1.165) is 25.8 Å². The van der Waals surface area contributed by atoms with Crippen molar-refractivity contribution in [2.24, 2.45) is 0 Å². The number of benzene rings is 3. The highest BCUT2D eigenvalue weighted by molar-refractivity contribution is 14.1. The number of anilines is 1. The Bertz CT molecular complexity index is 1480. The van der Waals surface area contributed by atoms with Crippen molar-refractivity contribution in [2.75, 3.05) is 25.6 Å². The Balaban J connectivity index is 1.48. The Morgan fingerprint density at radius 3 is 2.50 bits per heavy atom. The van der Waals surface area contributed by atoms with Gasteiger partial charge in [0.1, 0.15) is 18.9 Å². The molecule has 0 aliphatic carbocycles. The van der Waals surface area contributed by atoms with E-state index in [1.165, 1.54) is 0 Å². The van der Waals surface area contributed by atoms with Crippen molar-refractivity contribution >= 4 is 86.4 Å². The Labute approximate surface area is 259 Å². The van der Waals surface area contributed by atoms with Crippen LogP contribution in [0.1, 0.15) is 18.1 Å². The number of carbonyl (C=O) groups is 3. The summed E-state index contributed by atoms with van der Waals surface area (Å²) in [4.78, 5) is 39.2. The molecule has 3 aromatic carbocycles. The van der Waals surface area contributed by atoms with Gasteiger partial charge in [0.15, 0.2) is 11.5 Å². The SMILES string of the molecule is CCOc1cc(/C=C2/SC(=O)N(CC(=O)Nc3ccc(OC)cc3)C2=O)cc(I)c1OCc1ccc(Cl)cc1Cl. The predicted octanol–water partition coefficient (Wildman–Crippen LogP) is 7.26. The van der Waals surface area contributed by atoms with E-state index in [1.807, 2.05) is 13.0 Å². The molecule has 3 aromatic rings. The molecule has 8 nitrogen and oxygen atoms in total. The second kappa shape index (κ2) is 13.6. The maximum atomic E-state index is 13.0. The van der Waals surface area contributed by atoms with Crippen LogP contribution in [0.2, 0.25) is 10.0 Å². The van der Waals surface area contributed by atoms with Gasteiger partial charge in [0.25, 0.3) is 11.1 Å². The molecular formula is C28H23Cl2IN2O6S. The normalized spacial score (nSPS) is 14.0. The molecule has 0 radical (unpaired) electrons. The van der Waals surface area contributed by atoms with Crippen molar-refractivity contribution in [3.63, 3.8) is 0 Å². The van der Waals surface area contributed by atoms with E-state index >= 15 is 0 Å². The highest BCUT2D eigenvalue weighted by Crippen LogP contribution is 2.38. The van der Waals surface area contributed by atoms with Gasteiger partial charge in [-0.1, -0.05) is 29.3 Å². The number of hydrogen-bond donors (Lipinski definition) is 1. The highest BCUT2D eigenvalue weighted by atomic mass is 127. The first-order valence-electron chi connectivity index (χ1n) is 11.9. The number of ether oxygens (including phenoxy) is 3. The van der Waals surface area contributed by atoms with Gasteiger partial charge in [0.05, 0.1) is 22.2 Å². The molecule has 1 N–H and O–H groups in total. The predicted molar refractivity (Wildman–Crippen MR) is 165 cm³/mol. The van der Waals surface area contributed by atoms with Crippen molar-refractivity contribution in [3.05, 3.63) is 84.2 Å². The zero-order valence-electron chi connectivity index (χ0n) is 21.3. The molecule has 0 bridgehead atoms. The smallest absolute Gasteiger partial charge is 0.294 e. The van der Waals surface area contributed by atoms with E-state index in [-0.39, 0.29) is 11.5 Å². The Morgan fingerprint density at radius 1 is 1.07 bits per heavy atom. The van der Waals surface area contributed by atoms with E-state index in [0.29, 0.717) is 45.2 Å². The first-order valence-corrected chi connectivity index (χ1v) is 14.6. The van der Waals surface area contributed by atoms with Crippen molar-refractivity contribution in [1.82, 2.24) is 4.90 Å². The summed E-state index contributed by atoms with van der Waals surface area (Å²) in [6, 6.07) is 15.4. The zero-order chi connectivity index (χ0) is 28.8. The van der Waals surface area contributed by atoms with Crippen LogP contribution >= 0.6 is 57.6 Å². The number of nitrogens with zero attached hydrogens (tertiary/aromatic N) is 1. The molecule has 1 aliphatic rings. The molecule has 208 valence electrons. The third kappa shape index (κ3) is 7.42. The molecule has 12 heteroatoms. The van der Waals surface area contributed by atoms with Crippen molar-refractivity contribution in [1.29, 1.82) is 0 Å². The summed E-state index contributed by atoms with van der Waals surface area (Å²) in [6.45, 7) is 2.03. The lowest BCUT2D eigenvalue weighted by Crippen LogP contribution is -2.36. The summed E-state index contributed by atoms with van der Waals surface area (Å²) in [5, 5.41) is 3.17. The van der Waals surface area contributed by atoms with E-state index in [9.17, 15) is 14.4 Å². The minimum Gasteiger partial charge on any atom is -0.497 e. The fourth-order valence-electron chi connectivity index (χ4n) is 3.67. The third-order valence-corrected chi connectivity index (χ3v) is 7.86. The molecular weight excluding hydrogens is 690 g/mol. The average Bonchev–Trinajstić information content (AvgIpc) is 3.17. The van der Waals surface area contributed by atoms with Gasteiger partial charge in [-0.15, -0.1) is 0 Å². The van der Waals surface area contributed by atoms with Crippen LogP contribution in [-0.4, -0.2) is 42.2 Å². The first kappa shape index (κ1) is 30.0. The highest BCUT2D eigenvalue weighted by Gasteiger charge is 2.36. The van der Waals surface area contributed by atoms with Gasteiger partial charge < -0.3 is 19.5 Å². The number of carbonyl (C=O) groups excluding carboxylic acids is 3. The average molecular weight is 713 g/mol. The molecule has 0 atom stereocenters. The summed E-state index contributed by atoms with van der Waals surface area (Å²) in [7, 11) is 1.54. The number of rotatable bonds is 10. The fraction of sp³-hybridized carbons (Fsp3) is 0.179. The minimum absolute atomic E-state index is 0.196. The number of imide groups is 1. The molecule has 0 spiro atoms. The van der Waals surface area contributed by atoms with Crippen molar-refractivity contribution in [2.45, 2.75) is 13.5 Å². The Kier molecular flexibility index (Phi) is 10.2. The summed E-state index contributed by atoms with van der Waals surface area (Å²) in [5.74, 6) is 0.592. The van der Waals surface area contributed by atoms with Crippen LogP contribution in [0.4, 0.5) is 10.5 Å². The first-order chi connectivity index (χ1) is 19.2. The van der Waals surface area contributed by atoms with Gasteiger partial charge in [-0.3, -0.25) is 19.3 Å². The number of nitrogens with one attached hydrogen (secondary N) is 1. The van der Waals surface area contributed by atoms with Crippen LogP contribution < -0.4 is 19.5 Å². The van der Waals surface area contributed by atoms with Gasteiger partial charge in [-0.25, -0.2) is 0 Å². The van der Waals surface area contributed by atoms with Gasteiger partial charge >= 0.3 is 0 Å². The van der Waals surface area contributed by atoms with E-state index in [1.54, 1.807) is 61.7 Å². The lowest BCUT2D eigenvalue weighted by atomic mass is 10.1. The van der Waals surface area contributed by atoms with Crippen LogP contribution in [0.5, 0.6) is 17.2 Å². The molecule has 1 fully saturated rings. The topological polar surface area (TPSA) is 94.2 Å². The van der Waals surface area contributed by atoms with Crippen molar-refractivity contribution in [3.8, 4) is 17.2 Å². The molecule has 1 aliphatic heterocycles. The Hall–Kier alpha value is -2.93.